The molecule has 2 rings (SSSR count). The first kappa shape index (κ1) is 12.3. The van der Waals surface area contributed by atoms with Crippen molar-refractivity contribution in [1.82, 2.24) is 10.2 Å². The zero-order valence-corrected chi connectivity index (χ0v) is 11.0. The highest BCUT2D eigenvalue weighted by molar-refractivity contribution is 4.89. The molecule has 0 aliphatic carbocycles. The van der Waals surface area contributed by atoms with Crippen molar-refractivity contribution in [2.75, 3.05) is 26.2 Å². The van der Waals surface area contributed by atoms with Crippen molar-refractivity contribution in [3.05, 3.63) is 0 Å². The standard InChI is InChI=1S/C13H26N2O/c1-11(2)10-15-8-5-13(6-9-15)14-7-4-12(3)16-13/h11-12,14H,4-10H2,1-3H3. The van der Waals surface area contributed by atoms with Crippen LogP contribution in [0.3, 0.4) is 0 Å². The quantitative estimate of drug-likeness (QED) is 0.777. The average Bonchev–Trinajstić information content (AvgIpc) is 2.21. The first-order valence-corrected chi connectivity index (χ1v) is 6.75. The highest BCUT2D eigenvalue weighted by Gasteiger charge is 2.38. The van der Waals surface area contributed by atoms with Crippen LogP contribution in [0.15, 0.2) is 0 Å². The molecule has 0 saturated carbocycles. The summed E-state index contributed by atoms with van der Waals surface area (Å²) in [6.45, 7) is 11.5. The summed E-state index contributed by atoms with van der Waals surface area (Å²) in [7, 11) is 0. The molecule has 0 aromatic rings. The number of rotatable bonds is 2. The molecule has 2 aliphatic rings. The monoisotopic (exact) mass is 226 g/mol. The second-order valence-corrected chi connectivity index (χ2v) is 5.83. The molecule has 0 amide bonds. The summed E-state index contributed by atoms with van der Waals surface area (Å²) in [6.07, 6.45) is 3.86. The van der Waals surface area contributed by atoms with Crippen molar-refractivity contribution in [1.29, 1.82) is 0 Å². The van der Waals surface area contributed by atoms with Gasteiger partial charge in [-0.25, -0.2) is 0 Å². The lowest BCUT2D eigenvalue weighted by Crippen LogP contribution is -2.59. The lowest BCUT2D eigenvalue weighted by molar-refractivity contribution is -0.161. The Morgan fingerprint density at radius 1 is 1.38 bits per heavy atom. The molecule has 94 valence electrons. The van der Waals surface area contributed by atoms with E-state index in [1.807, 2.05) is 0 Å². The molecular weight excluding hydrogens is 200 g/mol. The second-order valence-electron chi connectivity index (χ2n) is 5.83. The molecule has 0 aromatic carbocycles. The molecule has 1 atom stereocenters. The Labute approximate surface area is 99.5 Å². The van der Waals surface area contributed by atoms with E-state index < -0.39 is 0 Å². The van der Waals surface area contributed by atoms with Gasteiger partial charge in [0.2, 0.25) is 0 Å². The van der Waals surface area contributed by atoms with E-state index in [0.29, 0.717) is 6.10 Å². The van der Waals surface area contributed by atoms with Crippen molar-refractivity contribution < 1.29 is 4.74 Å². The van der Waals surface area contributed by atoms with Gasteiger partial charge in [0.15, 0.2) is 0 Å². The van der Waals surface area contributed by atoms with E-state index in [1.165, 1.54) is 19.6 Å². The number of hydrogen-bond donors (Lipinski definition) is 1. The Hall–Kier alpha value is -0.120. The molecule has 2 fully saturated rings. The SMILES string of the molecule is CC(C)CN1CCC2(CC1)NCCC(C)O2. The molecule has 1 N–H and O–H groups in total. The second kappa shape index (κ2) is 5.03. The summed E-state index contributed by atoms with van der Waals surface area (Å²) in [4.78, 5) is 2.57. The van der Waals surface area contributed by atoms with E-state index in [1.54, 1.807) is 0 Å². The maximum atomic E-state index is 6.13. The Kier molecular flexibility index (Phi) is 3.88. The van der Waals surface area contributed by atoms with Crippen LogP contribution in [0.25, 0.3) is 0 Å². The summed E-state index contributed by atoms with van der Waals surface area (Å²) in [5.74, 6) is 0.771. The van der Waals surface area contributed by atoms with Crippen molar-refractivity contribution >= 4 is 0 Å². The van der Waals surface area contributed by atoms with E-state index >= 15 is 0 Å². The Morgan fingerprint density at radius 3 is 2.62 bits per heavy atom. The molecule has 3 nitrogen and oxygen atoms in total. The Bertz CT molecular complexity index is 222. The summed E-state index contributed by atoms with van der Waals surface area (Å²) in [5.41, 5.74) is 0.00511. The van der Waals surface area contributed by atoms with Gasteiger partial charge in [0.25, 0.3) is 0 Å². The molecule has 1 spiro atoms. The highest BCUT2D eigenvalue weighted by Crippen LogP contribution is 2.28. The number of nitrogens with zero attached hydrogens (tertiary/aromatic N) is 1. The van der Waals surface area contributed by atoms with E-state index in [9.17, 15) is 0 Å². The molecule has 1 unspecified atom stereocenters. The van der Waals surface area contributed by atoms with Gasteiger partial charge in [0.1, 0.15) is 5.72 Å². The molecule has 0 bridgehead atoms. The maximum Gasteiger partial charge on any atom is 0.122 e. The van der Waals surface area contributed by atoms with E-state index in [0.717, 1.165) is 31.7 Å². The Balaban J connectivity index is 1.83. The smallest absolute Gasteiger partial charge is 0.122 e. The minimum absolute atomic E-state index is 0.00511. The van der Waals surface area contributed by atoms with Gasteiger partial charge in [-0.05, 0) is 19.3 Å². The summed E-state index contributed by atoms with van der Waals surface area (Å²) < 4.78 is 6.13. The van der Waals surface area contributed by atoms with Crippen LogP contribution >= 0.6 is 0 Å². The van der Waals surface area contributed by atoms with Crippen LogP contribution in [0.1, 0.15) is 40.0 Å². The van der Waals surface area contributed by atoms with Crippen LogP contribution in [-0.4, -0.2) is 42.9 Å². The predicted octanol–water partition coefficient (Wildman–Crippen LogP) is 1.83. The fourth-order valence-corrected chi connectivity index (χ4v) is 2.90. The summed E-state index contributed by atoms with van der Waals surface area (Å²) in [5, 5.41) is 3.59. The van der Waals surface area contributed by atoms with E-state index in [4.69, 9.17) is 4.74 Å². The third kappa shape index (κ3) is 2.96. The minimum atomic E-state index is 0.00511. The van der Waals surface area contributed by atoms with Crippen molar-refractivity contribution in [2.45, 2.75) is 51.9 Å². The molecule has 2 aliphatic heterocycles. The van der Waals surface area contributed by atoms with Gasteiger partial charge in [0, 0.05) is 39.0 Å². The van der Waals surface area contributed by atoms with Gasteiger partial charge in [-0.1, -0.05) is 13.8 Å². The van der Waals surface area contributed by atoms with Gasteiger partial charge >= 0.3 is 0 Å². The first-order chi connectivity index (χ1) is 7.60. The van der Waals surface area contributed by atoms with Crippen molar-refractivity contribution in [3.63, 3.8) is 0 Å². The maximum absolute atomic E-state index is 6.13. The molecule has 3 heteroatoms. The minimum Gasteiger partial charge on any atom is -0.358 e. The first-order valence-electron chi connectivity index (χ1n) is 6.75. The van der Waals surface area contributed by atoms with Gasteiger partial charge in [-0.3, -0.25) is 5.32 Å². The van der Waals surface area contributed by atoms with Crippen molar-refractivity contribution in [3.8, 4) is 0 Å². The molecule has 2 heterocycles. The third-order valence-electron chi connectivity index (χ3n) is 3.71. The van der Waals surface area contributed by atoms with Gasteiger partial charge in [0.05, 0.1) is 6.10 Å². The zero-order valence-electron chi connectivity index (χ0n) is 11.0. The van der Waals surface area contributed by atoms with Crippen LogP contribution in [0.2, 0.25) is 0 Å². The lowest BCUT2D eigenvalue weighted by Gasteiger charge is -2.46. The molecule has 2 saturated heterocycles. The predicted molar refractivity (Wildman–Crippen MR) is 66.4 cm³/mol. The van der Waals surface area contributed by atoms with Crippen LogP contribution < -0.4 is 5.32 Å². The summed E-state index contributed by atoms with van der Waals surface area (Å²) >= 11 is 0. The number of nitrogens with one attached hydrogen (secondary N) is 1. The van der Waals surface area contributed by atoms with Gasteiger partial charge in [-0.15, -0.1) is 0 Å². The topological polar surface area (TPSA) is 24.5 Å². The number of likely N-dealkylation sites (tertiary alicyclic amines) is 1. The largest absolute Gasteiger partial charge is 0.358 e. The number of piperidine rings is 1. The van der Waals surface area contributed by atoms with E-state index in [-0.39, 0.29) is 5.72 Å². The summed E-state index contributed by atoms with van der Waals surface area (Å²) in [6, 6.07) is 0. The van der Waals surface area contributed by atoms with E-state index in [2.05, 4.69) is 31.0 Å². The van der Waals surface area contributed by atoms with Crippen LogP contribution in [0.5, 0.6) is 0 Å². The van der Waals surface area contributed by atoms with Gasteiger partial charge < -0.3 is 9.64 Å². The van der Waals surface area contributed by atoms with Crippen LogP contribution in [-0.2, 0) is 4.74 Å². The molecule has 0 radical (unpaired) electrons. The van der Waals surface area contributed by atoms with Crippen molar-refractivity contribution in [2.24, 2.45) is 5.92 Å². The highest BCUT2D eigenvalue weighted by atomic mass is 16.5. The number of ether oxygens (including phenoxy) is 1. The average molecular weight is 226 g/mol. The molecule has 16 heavy (non-hydrogen) atoms. The zero-order chi connectivity index (χ0) is 11.6. The normalized spacial score (nSPS) is 31.1. The third-order valence-corrected chi connectivity index (χ3v) is 3.71. The Morgan fingerprint density at radius 2 is 2.06 bits per heavy atom. The number of hydrogen-bond acceptors (Lipinski definition) is 3. The fraction of sp³-hybridized carbons (Fsp3) is 1.00. The van der Waals surface area contributed by atoms with Gasteiger partial charge in [-0.2, -0.15) is 0 Å². The van der Waals surface area contributed by atoms with Crippen LogP contribution in [0.4, 0.5) is 0 Å². The fourth-order valence-electron chi connectivity index (χ4n) is 2.90. The molecule has 0 aromatic heterocycles. The molecular formula is C13H26N2O. The lowest BCUT2D eigenvalue weighted by atomic mass is 9.97. The van der Waals surface area contributed by atoms with Crippen LogP contribution in [0, 0.1) is 5.92 Å².